The second kappa shape index (κ2) is 10.9. The molecule has 2 aromatic rings. The standard InChI is InChI=1S/C28H34N2O5/c1-3-17(2)15-25(27(32)33)29-26(31)22-13-8-14-24(22)30-28(34)35-16-23-20-11-6-4-9-18(20)19-10-5-7-12-21(19)23/h4-7,9-12,17,22-25H,3,8,13-16H2,1-2H3,(H,29,31)(H,30,34)(H,32,33)/t17?,22-,24+,25?/m0/s1. The number of rotatable bonds is 9. The second-order valence-electron chi connectivity index (χ2n) is 9.76. The quantitative estimate of drug-likeness (QED) is 0.485. The van der Waals surface area contributed by atoms with E-state index >= 15 is 0 Å². The number of alkyl carbamates (subject to hydrolysis) is 1. The third-order valence-electron chi connectivity index (χ3n) is 7.45. The molecule has 2 aromatic carbocycles. The molecule has 2 aliphatic rings. The van der Waals surface area contributed by atoms with Crippen LogP contribution in [0, 0.1) is 11.8 Å². The van der Waals surface area contributed by atoms with Gasteiger partial charge >= 0.3 is 12.1 Å². The predicted molar refractivity (Wildman–Crippen MR) is 133 cm³/mol. The van der Waals surface area contributed by atoms with Crippen LogP contribution in [0.1, 0.15) is 63.0 Å². The summed E-state index contributed by atoms with van der Waals surface area (Å²) in [5.74, 6) is -1.66. The first-order chi connectivity index (χ1) is 16.9. The van der Waals surface area contributed by atoms with Crippen LogP contribution < -0.4 is 10.6 Å². The number of hydrogen-bond acceptors (Lipinski definition) is 4. The number of fused-ring (bicyclic) bond motifs is 3. The van der Waals surface area contributed by atoms with Crippen LogP contribution in [0.3, 0.4) is 0 Å². The van der Waals surface area contributed by atoms with E-state index in [1.54, 1.807) is 0 Å². The van der Waals surface area contributed by atoms with Crippen molar-refractivity contribution in [3.63, 3.8) is 0 Å². The summed E-state index contributed by atoms with van der Waals surface area (Å²) in [5, 5.41) is 15.1. The van der Waals surface area contributed by atoms with Gasteiger partial charge in [0.15, 0.2) is 0 Å². The molecule has 4 atom stereocenters. The normalized spacial score (nSPS) is 20.4. The lowest BCUT2D eigenvalue weighted by Crippen LogP contribution is -2.49. The van der Waals surface area contributed by atoms with E-state index in [4.69, 9.17) is 4.74 Å². The highest BCUT2D eigenvalue weighted by atomic mass is 16.5. The van der Waals surface area contributed by atoms with Gasteiger partial charge in [-0.2, -0.15) is 0 Å². The zero-order valence-electron chi connectivity index (χ0n) is 20.3. The lowest BCUT2D eigenvalue weighted by atomic mass is 9.97. The number of benzene rings is 2. The molecule has 0 bridgehead atoms. The van der Waals surface area contributed by atoms with E-state index in [1.807, 2.05) is 38.1 Å². The number of carboxylic acids is 1. The highest BCUT2D eigenvalue weighted by Gasteiger charge is 2.37. The smallest absolute Gasteiger partial charge is 0.407 e. The van der Waals surface area contributed by atoms with Crippen molar-refractivity contribution in [1.29, 1.82) is 0 Å². The Balaban J connectivity index is 1.35. The summed E-state index contributed by atoms with van der Waals surface area (Å²) in [4.78, 5) is 37.2. The molecule has 186 valence electrons. The predicted octanol–water partition coefficient (Wildman–Crippen LogP) is 4.70. The van der Waals surface area contributed by atoms with Crippen LogP contribution in [0.4, 0.5) is 4.79 Å². The first-order valence-corrected chi connectivity index (χ1v) is 12.5. The highest BCUT2D eigenvalue weighted by molar-refractivity contribution is 5.86. The van der Waals surface area contributed by atoms with E-state index in [2.05, 4.69) is 34.9 Å². The van der Waals surface area contributed by atoms with Gasteiger partial charge in [0.1, 0.15) is 12.6 Å². The lowest BCUT2D eigenvalue weighted by molar-refractivity contribution is -0.143. The molecule has 0 radical (unpaired) electrons. The van der Waals surface area contributed by atoms with Gasteiger partial charge in [0.05, 0.1) is 5.92 Å². The fourth-order valence-electron chi connectivity index (χ4n) is 5.31. The van der Waals surface area contributed by atoms with Crippen molar-refractivity contribution in [1.82, 2.24) is 10.6 Å². The van der Waals surface area contributed by atoms with Crippen molar-refractivity contribution >= 4 is 18.0 Å². The summed E-state index contributed by atoms with van der Waals surface area (Å²) in [7, 11) is 0. The monoisotopic (exact) mass is 478 g/mol. The number of aliphatic carboxylic acids is 1. The Hall–Kier alpha value is -3.35. The molecule has 1 saturated carbocycles. The largest absolute Gasteiger partial charge is 0.480 e. The van der Waals surface area contributed by atoms with Gasteiger partial charge in [-0.1, -0.05) is 75.2 Å². The number of hydrogen-bond donors (Lipinski definition) is 3. The Morgan fingerprint density at radius 2 is 1.66 bits per heavy atom. The van der Waals surface area contributed by atoms with E-state index in [9.17, 15) is 19.5 Å². The van der Waals surface area contributed by atoms with E-state index in [0.29, 0.717) is 19.3 Å². The molecule has 0 aliphatic heterocycles. The van der Waals surface area contributed by atoms with Gasteiger partial charge in [0.25, 0.3) is 0 Å². The molecule has 0 heterocycles. The third kappa shape index (κ3) is 5.50. The molecule has 2 amide bonds. The zero-order valence-corrected chi connectivity index (χ0v) is 20.3. The van der Waals surface area contributed by atoms with Crippen molar-refractivity contribution in [2.75, 3.05) is 6.61 Å². The van der Waals surface area contributed by atoms with Gasteiger partial charge in [-0.15, -0.1) is 0 Å². The fraction of sp³-hybridized carbons (Fsp3) is 0.464. The first-order valence-electron chi connectivity index (χ1n) is 12.5. The van der Waals surface area contributed by atoms with Gasteiger partial charge in [-0.05, 0) is 47.4 Å². The van der Waals surface area contributed by atoms with Crippen LogP contribution in [-0.4, -0.2) is 41.8 Å². The number of nitrogens with one attached hydrogen (secondary N) is 2. The molecule has 7 nitrogen and oxygen atoms in total. The van der Waals surface area contributed by atoms with Gasteiger partial charge in [-0.3, -0.25) is 4.79 Å². The molecule has 0 spiro atoms. The maximum atomic E-state index is 12.9. The highest BCUT2D eigenvalue weighted by Crippen LogP contribution is 2.44. The Morgan fingerprint density at radius 1 is 1.03 bits per heavy atom. The van der Waals surface area contributed by atoms with Crippen LogP contribution in [0.5, 0.6) is 0 Å². The maximum Gasteiger partial charge on any atom is 0.407 e. The molecule has 0 aromatic heterocycles. The van der Waals surface area contributed by atoms with Crippen molar-refractivity contribution < 1.29 is 24.2 Å². The lowest BCUT2D eigenvalue weighted by Gasteiger charge is -2.24. The van der Waals surface area contributed by atoms with Crippen LogP contribution in [0.2, 0.25) is 0 Å². The minimum atomic E-state index is -1.03. The van der Waals surface area contributed by atoms with E-state index in [0.717, 1.165) is 35.1 Å². The van der Waals surface area contributed by atoms with E-state index in [1.165, 1.54) is 0 Å². The maximum absolute atomic E-state index is 12.9. The molecule has 35 heavy (non-hydrogen) atoms. The van der Waals surface area contributed by atoms with E-state index in [-0.39, 0.29) is 30.4 Å². The summed E-state index contributed by atoms with van der Waals surface area (Å²) in [6.45, 7) is 4.18. The van der Waals surface area contributed by atoms with Crippen LogP contribution in [-0.2, 0) is 14.3 Å². The van der Waals surface area contributed by atoms with Gasteiger partial charge in [0, 0.05) is 12.0 Å². The third-order valence-corrected chi connectivity index (χ3v) is 7.45. The Morgan fingerprint density at radius 3 is 2.26 bits per heavy atom. The summed E-state index contributed by atoms with van der Waals surface area (Å²) < 4.78 is 5.64. The number of carbonyl (C=O) groups is 3. The molecular formula is C28H34N2O5. The van der Waals surface area contributed by atoms with Crippen LogP contribution in [0.25, 0.3) is 11.1 Å². The molecular weight excluding hydrogens is 444 g/mol. The van der Waals surface area contributed by atoms with Gasteiger partial charge < -0.3 is 20.5 Å². The zero-order chi connectivity index (χ0) is 24.9. The number of ether oxygens (including phenoxy) is 1. The summed E-state index contributed by atoms with van der Waals surface area (Å²) in [6, 6.07) is 15.0. The molecule has 0 saturated heterocycles. The van der Waals surface area contributed by atoms with Gasteiger partial charge in [0.2, 0.25) is 5.91 Å². The average molecular weight is 479 g/mol. The summed E-state index contributed by atoms with van der Waals surface area (Å²) >= 11 is 0. The van der Waals surface area contributed by atoms with Gasteiger partial charge in [-0.25, -0.2) is 9.59 Å². The Labute approximate surface area is 206 Å². The summed E-state index contributed by atoms with van der Waals surface area (Å²) in [6.07, 6.45) is 2.73. The molecule has 4 rings (SSSR count). The number of carbonyl (C=O) groups excluding carboxylic acids is 2. The van der Waals surface area contributed by atoms with E-state index < -0.39 is 24.0 Å². The molecule has 3 N–H and O–H groups in total. The van der Waals surface area contributed by atoms with Crippen LogP contribution in [0.15, 0.2) is 48.5 Å². The average Bonchev–Trinajstić information content (AvgIpc) is 3.44. The number of amides is 2. The molecule has 7 heteroatoms. The molecule has 1 fully saturated rings. The van der Waals surface area contributed by atoms with Crippen molar-refractivity contribution in [3.05, 3.63) is 59.7 Å². The second-order valence-corrected chi connectivity index (χ2v) is 9.76. The number of carboxylic acid groups (broad SMARTS) is 1. The van der Waals surface area contributed by atoms with Crippen LogP contribution >= 0.6 is 0 Å². The van der Waals surface area contributed by atoms with Crippen molar-refractivity contribution in [3.8, 4) is 11.1 Å². The van der Waals surface area contributed by atoms with Crippen molar-refractivity contribution in [2.45, 2.75) is 64.0 Å². The summed E-state index contributed by atoms with van der Waals surface area (Å²) in [5.41, 5.74) is 4.60. The topological polar surface area (TPSA) is 105 Å². The fourth-order valence-corrected chi connectivity index (χ4v) is 5.31. The molecule has 2 aliphatic carbocycles. The minimum absolute atomic E-state index is 0.0345. The Bertz CT molecular complexity index is 1040. The van der Waals surface area contributed by atoms with Crippen molar-refractivity contribution in [2.24, 2.45) is 11.8 Å². The first kappa shape index (κ1) is 24.8. The molecule has 2 unspecified atom stereocenters. The minimum Gasteiger partial charge on any atom is -0.480 e. The Kier molecular flexibility index (Phi) is 7.73. The SMILES string of the molecule is CCC(C)CC(NC(=O)[C@H]1CCC[C@H]1NC(=O)OCC1c2ccccc2-c2ccccc21)C(=O)O.